The minimum absolute atomic E-state index is 0.0271. The summed E-state index contributed by atoms with van der Waals surface area (Å²) in [5.41, 5.74) is 1.27. The molecule has 1 fully saturated rings. The molecule has 2 heterocycles. The Kier molecular flexibility index (Phi) is 5.04. The van der Waals surface area contributed by atoms with Crippen LogP contribution in [0.2, 0.25) is 0 Å². The normalized spacial score (nSPS) is 28.7. The lowest BCUT2D eigenvalue weighted by atomic mass is 10.1. The number of hydroxylamine groups is 1. The van der Waals surface area contributed by atoms with Crippen molar-refractivity contribution in [3.63, 3.8) is 0 Å². The molecule has 0 radical (unpaired) electrons. The van der Waals surface area contributed by atoms with Crippen molar-refractivity contribution >= 4 is 0 Å². The van der Waals surface area contributed by atoms with Crippen molar-refractivity contribution < 1.29 is 19.8 Å². The topological polar surface area (TPSA) is 126 Å². The molecule has 116 valence electrons. The van der Waals surface area contributed by atoms with Gasteiger partial charge in [0, 0.05) is 18.8 Å². The summed E-state index contributed by atoms with van der Waals surface area (Å²) < 4.78 is 6.43. The van der Waals surface area contributed by atoms with Gasteiger partial charge in [0.2, 0.25) is 0 Å². The lowest BCUT2D eigenvalue weighted by molar-refractivity contribution is -0.0862. The van der Waals surface area contributed by atoms with Gasteiger partial charge >= 0.3 is 5.69 Å². The lowest BCUT2D eigenvalue weighted by Crippen LogP contribution is -2.38. The van der Waals surface area contributed by atoms with Crippen LogP contribution in [-0.2, 0) is 9.57 Å². The van der Waals surface area contributed by atoms with Gasteiger partial charge in [-0.15, -0.1) is 6.58 Å². The third kappa shape index (κ3) is 3.46. The molecule has 0 aliphatic carbocycles. The third-order valence-corrected chi connectivity index (χ3v) is 3.04. The molecule has 1 aromatic heterocycles. The second-order valence-corrected chi connectivity index (χ2v) is 4.51. The molecular weight excluding hydrogens is 282 g/mol. The maximum atomic E-state index is 11.7. The predicted molar refractivity (Wildman–Crippen MR) is 71.4 cm³/mol. The van der Waals surface area contributed by atoms with Crippen LogP contribution in [0, 0.1) is 0 Å². The molecule has 4 N–H and O–H groups in total. The van der Waals surface area contributed by atoms with Crippen molar-refractivity contribution in [3.05, 3.63) is 45.8 Å². The summed E-state index contributed by atoms with van der Waals surface area (Å²) in [4.78, 5) is 29.8. The molecule has 4 atom stereocenters. The van der Waals surface area contributed by atoms with Crippen LogP contribution >= 0.6 is 0 Å². The number of hydrogen-bond acceptors (Lipinski definition) is 7. The van der Waals surface area contributed by atoms with Gasteiger partial charge in [0.1, 0.15) is 18.3 Å². The molecular formula is C12H17N3O6. The molecule has 1 aliphatic heterocycles. The van der Waals surface area contributed by atoms with Crippen molar-refractivity contribution in [2.75, 3.05) is 13.2 Å². The Morgan fingerprint density at radius 3 is 2.90 bits per heavy atom. The van der Waals surface area contributed by atoms with Crippen molar-refractivity contribution in [2.45, 2.75) is 24.5 Å². The molecule has 0 unspecified atom stereocenters. The van der Waals surface area contributed by atoms with Gasteiger partial charge in [0.15, 0.2) is 6.23 Å². The fraction of sp³-hybridized carbons (Fsp3) is 0.500. The standard InChI is InChI=1S/C12H17N3O6/c1-2-4-13-20-6-7-9(17)10(18)11(21-7)15-5-3-8(16)14-12(15)19/h2-3,5,7,9-11,13,17-18H,1,4,6H2,(H,14,16,19)/t7-,9-,10-,11-/m1/s1. The second kappa shape index (κ2) is 6.78. The number of H-pyrrole nitrogens is 1. The van der Waals surface area contributed by atoms with Crippen molar-refractivity contribution in [1.29, 1.82) is 0 Å². The predicted octanol–water partition coefficient (Wildman–Crippen LogP) is -2.14. The van der Waals surface area contributed by atoms with E-state index in [2.05, 4.69) is 17.0 Å². The Hall–Kier alpha value is -1.78. The molecule has 1 saturated heterocycles. The number of aliphatic hydroxyl groups excluding tert-OH is 2. The van der Waals surface area contributed by atoms with Gasteiger partial charge in [-0.1, -0.05) is 6.08 Å². The van der Waals surface area contributed by atoms with Crippen LogP contribution in [0.25, 0.3) is 0 Å². The smallest absolute Gasteiger partial charge is 0.330 e. The summed E-state index contributed by atoms with van der Waals surface area (Å²) in [6, 6.07) is 1.12. The molecule has 2 rings (SSSR count). The second-order valence-electron chi connectivity index (χ2n) is 4.51. The Bertz CT molecular complexity index is 597. The zero-order chi connectivity index (χ0) is 15.4. The van der Waals surface area contributed by atoms with E-state index < -0.39 is 35.8 Å². The van der Waals surface area contributed by atoms with E-state index >= 15 is 0 Å². The van der Waals surface area contributed by atoms with Crippen LogP contribution in [0.3, 0.4) is 0 Å². The molecule has 21 heavy (non-hydrogen) atoms. The van der Waals surface area contributed by atoms with Gasteiger partial charge in [0.25, 0.3) is 5.56 Å². The number of aromatic amines is 1. The molecule has 1 aromatic rings. The molecule has 0 spiro atoms. The van der Waals surface area contributed by atoms with Crippen molar-refractivity contribution in [3.8, 4) is 0 Å². The van der Waals surface area contributed by atoms with E-state index in [0.717, 1.165) is 10.6 Å². The summed E-state index contributed by atoms with van der Waals surface area (Å²) >= 11 is 0. The number of aliphatic hydroxyl groups is 2. The minimum Gasteiger partial charge on any atom is -0.387 e. The highest BCUT2D eigenvalue weighted by Crippen LogP contribution is 2.28. The molecule has 0 aromatic carbocycles. The summed E-state index contributed by atoms with van der Waals surface area (Å²) in [5.74, 6) is 0. The third-order valence-electron chi connectivity index (χ3n) is 3.04. The quantitative estimate of drug-likeness (QED) is 0.268. The first kappa shape index (κ1) is 15.6. The van der Waals surface area contributed by atoms with E-state index in [1.54, 1.807) is 6.08 Å². The first-order chi connectivity index (χ1) is 10.0. The Balaban J connectivity index is 2.07. The Labute approximate surface area is 119 Å². The maximum Gasteiger partial charge on any atom is 0.330 e. The molecule has 9 heteroatoms. The van der Waals surface area contributed by atoms with Crippen LogP contribution in [0.1, 0.15) is 6.23 Å². The fourth-order valence-corrected chi connectivity index (χ4v) is 1.98. The van der Waals surface area contributed by atoms with Crippen LogP contribution in [0.15, 0.2) is 34.5 Å². The van der Waals surface area contributed by atoms with Gasteiger partial charge in [-0.25, -0.2) is 4.79 Å². The van der Waals surface area contributed by atoms with Gasteiger partial charge in [0.05, 0.1) is 6.61 Å². The summed E-state index contributed by atoms with van der Waals surface area (Å²) in [5, 5.41) is 19.9. The highest BCUT2D eigenvalue weighted by Gasteiger charge is 2.44. The SMILES string of the molecule is C=CCNOC[C@H]1O[C@@H](n2ccc(=O)[nH]c2=O)[C@H](O)[C@@H]1O. The Morgan fingerprint density at radius 1 is 1.48 bits per heavy atom. The molecule has 9 nitrogen and oxygen atoms in total. The van der Waals surface area contributed by atoms with Crippen molar-refractivity contribution in [2.24, 2.45) is 0 Å². The monoisotopic (exact) mass is 299 g/mol. The zero-order valence-corrected chi connectivity index (χ0v) is 11.1. The van der Waals surface area contributed by atoms with Gasteiger partial charge in [-0.2, -0.15) is 5.48 Å². The highest BCUT2D eigenvalue weighted by molar-refractivity contribution is 4.93. The largest absolute Gasteiger partial charge is 0.387 e. The number of nitrogens with zero attached hydrogens (tertiary/aromatic N) is 1. The summed E-state index contributed by atoms with van der Waals surface area (Å²) in [6.45, 7) is 3.88. The maximum absolute atomic E-state index is 11.7. The summed E-state index contributed by atoms with van der Waals surface area (Å²) in [6.07, 6.45) is -1.68. The number of nitrogens with one attached hydrogen (secondary N) is 2. The van der Waals surface area contributed by atoms with Crippen molar-refractivity contribution in [1.82, 2.24) is 15.0 Å². The first-order valence-corrected chi connectivity index (χ1v) is 6.33. The van der Waals surface area contributed by atoms with Crippen LogP contribution in [0.4, 0.5) is 0 Å². The number of rotatable bonds is 6. The van der Waals surface area contributed by atoms with Crippen LogP contribution < -0.4 is 16.7 Å². The summed E-state index contributed by atoms with van der Waals surface area (Å²) in [7, 11) is 0. The van der Waals surface area contributed by atoms with E-state index in [0.29, 0.717) is 6.54 Å². The van der Waals surface area contributed by atoms with E-state index in [4.69, 9.17) is 9.57 Å². The molecule has 0 amide bonds. The van der Waals surface area contributed by atoms with E-state index in [1.165, 1.54) is 6.20 Å². The minimum atomic E-state index is -1.32. The zero-order valence-electron chi connectivity index (χ0n) is 11.1. The van der Waals surface area contributed by atoms with Gasteiger partial charge < -0.3 is 14.9 Å². The van der Waals surface area contributed by atoms with Gasteiger partial charge in [-0.3, -0.25) is 19.2 Å². The first-order valence-electron chi connectivity index (χ1n) is 6.33. The van der Waals surface area contributed by atoms with E-state index in [9.17, 15) is 19.8 Å². The van der Waals surface area contributed by atoms with Crippen LogP contribution in [-0.4, -0.2) is 51.2 Å². The van der Waals surface area contributed by atoms with E-state index in [1.807, 2.05) is 0 Å². The van der Waals surface area contributed by atoms with Crippen LogP contribution in [0.5, 0.6) is 0 Å². The molecule has 0 bridgehead atoms. The Morgan fingerprint density at radius 2 is 2.24 bits per heavy atom. The number of aromatic nitrogens is 2. The molecule has 1 aliphatic rings. The number of hydrogen-bond donors (Lipinski definition) is 4. The van der Waals surface area contributed by atoms with E-state index in [-0.39, 0.29) is 6.61 Å². The fourth-order valence-electron chi connectivity index (χ4n) is 1.98. The average Bonchev–Trinajstić information content (AvgIpc) is 2.72. The lowest BCUT2D eigenvalue weighted by Gasteiger charge is -2.16. The average molecular weight is 299 g/mol. The highest BCUT2D eigenvalue weighted by atomic mass is 16.7. The van der Waals surface area contributed by atoms with Gasteiger partial charge in [-0.05, 0) is 0 Å². The number of ether oxygens (including phenoxy) is 1. The molecule has 0 saturated carbocycles.